The number of carbonyl (C=O) groups excluding carboxylic acids is 2. The highest BCUT2D eigenvalue weighted by Crippen LogP contribution is 2.25. The van der Waals surface area contributed by atoms with Gasteiger partial charge in [0.15, 0.2) is 11.4 Å². The van der Waals surface area contributed by atoms with Crippen LogP contribution in [0.4, 0.5) is 5.82 Å². The van der Waals surface area contributed by atoms with Crippen LogP contribution in [0, 0.1) is 6.92 Å². The van der Waals surface area contributed by atoms with Crippen molar-refractivity contribution >= 4 is 28.5 Å². The number of benzene rings is 2. The van der Waals surface area contributed by atoms with E-state index in [9.17, 15) is 9.59 Å². The average molecular weight is 484 g/mol. The number of Topliss-reactive ketones (excluding diaryl/α,β-unsaturated/α-hetero) is 1. The van der Waals surface area contributed by atoms with Crippen LogP contribution in [0.5, 0.6) is 0 Å². The van der Waals surface area contributed by atoms with E-state index in [1.165, 1.54) is 11.9 Å². The normalized spacial score (nSPS) is 16.3. The average Bonchev–Trinajstić information content (AvgIpc) is 3.33. The monoisotopic (exact) mass is 483 g/mol. The van der Waals surface area contributed by atoms with E-state index in [2.05, 4.69) is 49.2 Å². The van der Waals surface area contributed by atoms with Gasteiger partial charge in [0, 0.05) is 37.9 Å². The van der Waals surface area contributed by atoms with Gasteiger partial charge in [-0.1, -0.05) is 42.0 Å². The molecule has 1 fully saturated rings. The maximum absolute atomic E-state index is 13.1. The highest BCUT2D eigenvalue weighted by Gasteiger charge is 2.31. The fourth-order valence-electron chi connectivity index (χ4n) is 4.42. The van der Waals surface area contributed by atoms with Crippen molar-refractivity contribution in [3.63, 3.8) is 0 Å². The molecule has 9 heteroatoms. The number of nitrogens with one attached hydrogen (secondary N) is 1. The Morgan fingerprint density at radius 1 is 1.03 bits per heavy atom. The summed E-state index contributed by atoms with van der Waals surface area (Å²) < 4.78 is 1.82. The predicted molar refractivity (Wildman–Crippen MR) is 138 cm³/mol. The smallest absolute Gasteiger partial charge is 0.239 e. The Kier molecular flexibility index (Phi) is 6.47. The van der Waals surface area contributed by atoms with Gasteiger partial charge >= 0.3 is 0 Å². The van der Waals surface area contributed by atoms with Crippen molar-refractivity contribution in [3.05, 3.63) is 77.7 Å². The summed E-state index contributed by atoms with van der Waals surface area (Å²) in [5.74, 6) is 0.764. The molecule has 1 atom stereocenters. The molecule has 184 valence electrons. The molecule has 1 unspecified atom stereocenters. The van der Waals surface area contributed by atoms with Crippen LogP contribution in [0.1, 0.15) is 28.4 Å². The Bertz CT molecular complexity index is 1400. The third-order valence-corrected chi connectivity index (χ3v) is 6.67. The van der Waals surface area contributed by atoms with Crippen LogP contribution in [0.2, 0.25) is 0 Å². The van der Waals surface area contributed by atoms with E-state index in [4.69, 9.17) is 0 Å². The van der Waals surface area contributed by atoms with Crippen LogP contribution in [-0.2, 0) is 11.3 Å². The zero-order valence-electron chi connectivity index (χ0n) is 20.7. The number of amides is 1. The van der Waals surface area contributed by atoms with E-state index in [0.29, 0.717) is 24.3 Å². The number of hydrogen-bond donors (Lipinski definition) is 1. The molecule has 0 bridgehead atoms. The number of likely N-dealkylation sites (N-methyl/N-ethyl adjacent to an activating group) is 1. The Morgan fingerprint density at radius 3 is 2.50 bits per heavy atom. The first-order chi connectivity index (χ1) is 17.4. The minimum atomic E-state index is -0.326. The lowest BCUT2D eigenvalue weighted by Crippen LogP contribution is -2.57. The van der Waals surface area contributed by atoms with Crippen LogP contribution in [0.15, 0.2) is 61.1 Å². The summed E-state index contributed by atoms with van der Waals surface area (Å²) >= 11 is 0. The molecule has 9 nitrogen and oxygen atoms in total. The van der Waals surface area contributed by atoms with E-state index < -0.39 is 0 Å². The van der Waals surface area contributed by atoms with Crippen molar-refractivity contribution < 1.29 is 9.59 Å². The molecule has 1 aliphatic heterocycles. The van der Waals surface area contributed by atoms with Crippen molar-refractivity contribution in [3.8, 4) is 5.69 Å². The molecule has 5 rings (SSSR count). The number of carbonyl (C=O) groups is 2. The molecule has 4 aromatic rings. The van der Waals surface area contributed by atoms with Gasteiger partial charge in [0.05, 0.1) is 11.1 Å². The molecule has 3 heterocycles. The van der Waals surface area contributed by atoms with E-state index in [1.807, 2.05) is 42.2 Å². The minimum Gasteiger partial charge on any atom is -0.353 e. The van der Waals surface area contributed by atoms with Gasteiger partial charge in [0.1, 0.15) is 18.2 Å². The minimum absolute atomic E-state index is 0.0257. The lowest BCUT2D eigenvalue weighted by Gasteiger charge is -2.39. The number of nitrogens with zero attached hydrogens (tertiary/aromatic N) is 6. The van der Waals surface area contributed by atoms with Crippen molar-refractivity contribution in [2.45, 2.75) is 26.4 Å². The van der Waals surface area contributed by atoms with Crippen LogP contribution >= 0.6 is 0 Å². The lowest BCUT2D eigenvalue weighted by molar-refractivity contribution is -0.126. The number of fused-ring (bicyclic) bond motifs is 1. The van der Waals surface area contributed by atoms with Crippen molar-refractivity contribution in [2.75, 3.05) is 31.6 Å². The fourth-order valence-corrected chi connectivity index (χ4v) is 4.42. The van der Waals surface area contributed by atoms with Gasteiger partial charge in [-0.25, -0.2) is 14.6 Å². The molecular weight excluding hydrogens is 454 g/mol. The molecule has 1 aliphatic rings. The lowest BCUT2D eigenvalue weighted by atomic mass is 10.1. The Hall–Kier alpha value is -4.11. The van der Waals surface area contributed by atoms with E-state index >= 15 is 0 Å². The largest absolute Gasteiger partial charge is 0.353 e. The number of aromatic nitrogens is 4. The molecule has 1 saturated heterocycles. The van der Waals surface area contributed by atoms with E-state index in [0.717, 1.165) is 35.5 Å². The van der Waals surface area contributed by atoms with E-state index in [-0.39, 0.29) is 17.7 Å². The second kappa shape index (κ2) is 9.87. The standard InChI is InChI=1S/C27H29N7O2/c1-18-4-10-22(11-5-18)34-15-23-25(31-34)29-17-30-26(23)33-13-12-32(3)24(16-33)27(36)28-14-20-6-8-21(9-7-20)19(2)35/h4-11,15,17,24H,12-14,16H2,1-3H3,(H,28,36). The Labute approximate surface area is 209 Å². The third kappa shape index (κ3) is 4.83. The molecule has 1 amide bonds. The first kappa shape index (κ1) is 23.6. The molecule has 0 radical (unpaired) electrons. The summed E-state index contributed by atoms with van der Waals surface area (Å²) in [5.41, 5.74) is 4.37. The molecule has 0 aliphatic carbocycles. The van der Waals surface area contributed by atoms with E-state index in [1.54, 1.807) is 19.1 Å². The zero-order chi connectivity index (χ0) is 25.2. The highest BCUT2D eigenvalue weighted by molar-refractivity contribution is 5.94. The molecule has 1 N–H and O–H groups in total. The molecular formula is C27H29N7O2. The SMILES string of the molecule is CC(=O)c1ccc(CNC(=O)C2CN(c3ncnc4nn(-c5ccc(C)cc5)cc34)CCN2C)cc1. The number of piperazine rings is 1. The number of aryl methyl sites for hydroxylation is 1. The zero-order valence-corrected chi connectivity index (χ0v) is 20.7. The summed E-state index contributed by atoms with van der Waals surface area (Å²) in [6.45, 7) is 5.98. The summed E-state index contributed by atoms with van der Waals surface area (Å²) in [7, 11) is 1.97. The number of hydrogen-bond acceptors (Lipinski definition) is 7. The Morgan fingerprint density at radius 2 is 1.78 bits per heavy atom. The maximum Gasteiger partial charge on any atom is 0.239 e. The molecule has 2 aromatic heterocycles. The van der Waals surface area contributed by atoms with Gasteiger partial charge in [-0.2, -0.15) is 0 Å². The van der Waals surface area contributed by atoms with Gasteiger partial charge in [0.25, 0.3) is 0 Å². The summed E-state index contributed by atoms with van der Waals surface area (Å²) in [6, 6.07) is 15.1. The second-order valence-electron chi connectivity index (χ2n) is 9.26. The maximum atomic E-state index is 13.1. The number of ketones is 1. The quantitative estimate of drug-likeness (QED) is 0.421. The topological polar surface area (TPSA) is 96.2 Å². The summed E-state index contributed by atoms with van der Waals surface area (Å²) in [6.07, 6.45) is 3.48. The van der Waals surface area contributed by atoms with Crippen LogP contribution in [-0.4, -0.2) is 69.1 Å². The first-order valence-corrected chi connectivity index (χ1v) is 12.0. The molecule has 36 heavy (non-hydrogen) atoms. The molecule has 0 saturated carbocycles. The van der Waals surface area contributed by atoms with Gasteiger partial charge in [-0.05, 0) is 38.6 Å². The van der Waals surface area contributed by atoms with Crippen molar-refractivity contribution in [2.24, 2.45) is 0 Å². The highest BCUT2D eigenvalue weighted by atomic mass is 16.2. The van der Waals surface area contributed by atoms with Crippen LogP contribution in [0.3, 0.4) is 0 Å². The molecule has 0 spiro atoms. The van der Waals surface area contributed by atoms with Crippen LogP contribution < -0.4 is 10.2 Å². The number of anilines is 1. The van der Waals surface area contributed by atoms with Gasteiger partial charge in [0.2, 0.25) is 5.91 Å². The van der Waals surface area contributed by atoms with Crippen molar-refractivity contribution in [1.82, 2.24) is 30.0 Å². The summed E-state index contributed by atoms with van der Waals surface area (Å²) in [4.78, 5) is 37.8. The first-order valence-electron chi connectivity index (χ1n) is 12.0. The van der Waals surface area contributed by atoms with Gasteiger partial charge in [-0.15, -0.1) is 5.10 Å². The fraction of sp³-hybridized carbons (Fsp3) is 0.296. The summed E-state index contributed by atoms with van der Waals surface area (Å²) in [5, 5.41) is 8.55. The molecule has 2 aromatic carbocycles. The Balaban J connectivity index is 1.32. The number of rotatable bonds is 6. The second-order valence-corrected chi connectivity index (χ2v) is 9.26. The predicted octanol–water partition coefficient (Wildman–Crippen LogP) is 2.76. The van der Waals surface area contributed by atoms with Crippen molar-refractivity contribution in [1.29, 1.82) is 0 Å². The third-order valence-electron chi connectivity index (χ3n) is 6.67. The van der Waals surface area contributed by atoms with Gasteiger partial charge in [-0.3, -0.25) is 14.5 Å². The van der Waals surface area contributed by atoms with Gasteiger partial charge < -0.3 is 10.2 Å². The van der Waals surface area contributed by atoms with Crippen LogP contribution in [0.25, 0.3) is 16.7 Å².